The van der Waals surface area contributed by atoms with Gasteiger partial charge in [-0.25, -0.2) is 4.39 Å². The molecule has 1 aliphatic heterocycles. The average Bonchev–Trinajstić information content (AvgIpc) is 2.75. The molecule has 0 saturated heterocycles. The highest BCUT2D eigenvalue weighted by Gasteiger charge is 2.27. The number of halogens is 2. The first-order valence-corrected chi connectivity index (χ1v) is 10.0. The second-order valence-corrected chi connectivity index (χ2v) is 7.80. The van der Waals surface area contributed by atoms with Gasteiger partial charge in [0.2, 0.25) is 0 Å². The van der Waals surface area contributed by atoms with Crippen LogP contribution in [-0.4, -0.2) is 17.9 Å². The van der Waals surface area contributed by atoms with Crippen LogP contribution in [0.3, 0.4) is 0 Å². The molecule has 0 aliphatic carbocycles. The van der Waals surface area contributed by atoms with Gasteiger partial charge in [0.05, 0.1) is 7.11 Å². The van der Waals surface area contributed by atoms with Crippen molar-refractivity contribution in [2.75, 3.05) is 7.11 Å². The molecule has 1 heterocycles. The minimum Gasteiger partial charge on any atom is -0.508 e. The molecular formula is C23H20BrFN2O2. The monoisotopic (exact) mass is 454 g/mol. The maximum absolute atomic E-state index is 13.4. The summed E-state index contributed by atoms with van der Waals surface area (Å²) in [7, 11) is 1.63. The Morgan fingerprint density at radius 3 is 2.48 bits per heavy atom. The predicted octanol–water partition coefficient (Wildman–Crippen LogP) is 5.52. The first-order chi connectivity index (χ1) is 14.0. The third-order valence-corrected chi connectivity index (χ3v) is 5.51. The molecule has 4 nitrogen and oxygen atoms in total. The van der Waals surface area contributed by atoms with Gasteiger partial charge in [0.1, 0.15) is 23.5 Å². The Bertz CT molecular complexity index is 1040. The fourth-order valence-corrected chi connectivity index (χ4v) is 3.86. The molecule has 0 unspecified atom stereocenters. The lowest BCUT2D eigenvalue weighted by molar-refractivity contribution is 0.412. The van der Waals surface area contributed by atoms with Crippen LogP contribution in [0, 0.1) is 5.82 Å². The van der Waals surface area contributed by atoms with E-state index in [0.717, 1.165) is 32.6 Å². The van der Waals surface area contributed by atoms with Crippen LogP contribution in [0.2, 0.25) is 0 Å². The van der Waals surface area contributed by atoms with E-state index in [2.05, 4.69) is 21.2 Å². The molecule has 4 rings (SSSR count). The van der Waals surface area contributed by atoms with Crippen molar-refractivity contribution in [2.24, 2.45) is 4.99 Å². The Kier molecular flexibility index (Phi) is 5.65. The standard InChI is InChI=1S/C23H20BrFN2O2/c1-29-18-9-4-14(5-10-18)20-13-21(19-12-16(24)6-11-22(19)28)27-23(26-20)15-2-7-17(25)8-3-15/h2-12,21,23,27-28H,13H2,1H3/t21-,23+/m0/s1. The number of hydrogen-bond donors (Lipinski definition) is 2. The molecule has 148 valence electrons. The SMILES string of the molecule is COc1ccc(C2=N[C@@H](c3ccc(F)cc3)N[C@H](c3cc(Br)ccc3O)C2)cc1. The van der Waals surface area contributed by atoms with Crippen molar-refractivity contribution in [3.8, 4) is 11.5 Å². The van der Waals surface area contributed by atoms with Crippen LogP contribution in [0.15, 0.2) is 76.2 Å². The number of nitrogens with zero attached hydrogens (tertiary/aromatic N) is 1. The van der Waals surface area contributed by atoms with E-state index in [1.165, 1.54) is 12.1 Å². The van der Waals surface area contributed by atoms with Crippen LogP contribution in [0.5, 0.6) is 11.5 Å². The van der Waals surface area contributed by atoms with Crippen molar-refractivity contribution in [2.45, 2.75) is 18.6 Å². The number of aliphatic imine (C=N–C) groups is 1. The van der Waals surface area contributed by atoms with Gasteiger partial charge in [-0.05, 0) is 65.7 Å². The molecule has 6 heteroatoms. The fourth-order valence-electron chi connectivity index (χ4n) is 3.48. The number of rotatable bonds is 4. The zero-order valence-electron chi connectivity index (χ0n) is 15.8. The number of phenolic OH excluding ortho intramolecular Hbond substituents is 1. The Morgan fingerprint density at radius 1 is 1.07 bits per heavy atom. The third kappa shape index (κ3) is 4.33. The lowest BCUT2D eigenvalue weighted by atomic mass is 9.93. The Morgan fingerprint density at radius 2 is 1.79 bits per heavy atom. The summed E-state index contributed by atoms with van der Waals surface area (Å²) >= 11 is 3.48. The molecule has 2 atom stereocenters. The van der Waals surface area contributed by atoms with E-state index < -0.39 is 0 Å². The van der Waals surface area contributed by atoms with Gasteiger partial charge in [0.25, 0.3) is 0 Å². The molecule has 0 amide bonds. The van der Waals surface area contributed by atoms with Crippen molar-refractivity contribution >= 4 is 21.6 Å². The van der Waals surface area contributed by atoms with Crippen LogP contribution in [0.4, 0.5) is 4.39 Å². The van der Waals surface area contributed by atoms with E-state index >= 15 is 0 Å². The highest BCUT2D eigenvalue weighted by molar-refractivity contribution is 9.10. The second kappa shape index (κ2) is 8.35. The summed E-state index contributed by atoms with van der Waals surface area (Å²) in [5, 5.41) is 13.9. The number of methoxy groups -OCH3 is 1. The van der Waals surface area contributed by atoms with Crippen molar-refractivity contribution in [1.82, 2.24) is 5.32 Å². The van der Waals surface area contributed by atoms with Crippen LogP contribution in [-0.2, 0) is 0 Å². The Balaban J connectivity index is 1.75. The molecule has 0 bridgehead atoms. The van der Waals surface area contributed by atoms with Crippen LogP contribution in [0.25, 0.3) is 0 Å². The predicted molar refractivity (Wildman–Crippen MR) is 115 cm³/mol. The number of phenols is 1. The number of aromatic hydroxyl groups is 1. The zero-order chi connectivity index (χ0) is 20.4. The summed E-state index contributed by atoms with van der Waals surface area (Å²) in [5.41, 5.74) is 3.54. The van der Waals surface area contributed by atoms with E-state index in [-0.39, 0.29) is 23.8 Å². The maximum Gasteiger partial charge on any atom is 0.126 e. The first-order valence-electron chi connectivity index (χ1n) is 9.24. The number of hydrogen-bond acceptors (Lipinski definition) is 4. The summed E-state index contributed by atoms with van der Waals surface area (Å²) in [5.74, 6) is 0.712. The van der Waals surface area contributed by atoms with Gasteiger partial charge in [-0.15, -0.1) is 0 Å². The summed E-state index contributed by atoms with van der Waals surface area (Å²) in [6.45, 7) is 0. The van der Waals surface area contributed by atoms with E-state index in [0.29, 0.717) is 6.42 Å². The molecule has 0 radical (unpaired) electrons. The molecule has 1 aliphatic rings. The largest absolute Gasteiger partial charge is 0.508 e. The molecule has 0 aromatic heterocycles. The molecular weight excluding hydrogens is 435 g/mol. The average molecular weight is 455 g/mol. The van der Waals surface area contributed by atoms with Gasteiger partial charge < -0.3 is 9.84 Å². The number of ether oxygens (including phenoxy) is 1. The van der Waals surface area contributed by atoms with Gasteiger partial charge in [-0.3, -0.25) is 10.3 Å². The molecule has 3 aromatic rings. The normalized spacial score (nSPS) is 18.9. The van der Waals surface area contributed by atoms with Gasteiger partial charge in [-0.1, -0.05) is 28.1 Å². The fraction of sp³-hybridized carbons (Fsp3) is 0.174. The second-order valence-electron chi connectivity index (χ2n) is 6.88. The Labute approximate surface area is 177 Å². The number of nitrogens with one attached hydrogen (secondary N) is 1. The lowest BCUT2D eigenvalue weighted by Crippen LogP contribution is -2.33. The van der Waals surface area contributed by atoms with Crippen LogP contribution in [0.1, 0.15) is 35.3 Å². The molecule has 29 heavy (non-hydrogen) atoms. The third-order valence-electron chi connectivity index (χ3n) is 5.02. The van der Waals surface area contributed by atoms with Gasteiger partial charge in [-0.2, -0.15) is 0 Å². The van der Waals surface area contributed by atoms with Gasteiger partial charge >= 0.3 is 0 Å². The maximum atomic E-state index is 13.4. The highest BCUT2D eigenvalue weighted by atomic mass is 79.9. The molecule has 3 aromatic carbocycles. The Hall–Kier alpha value is -2.70. The summed E-state index contributed by atoms with van der Waals surface area (Å²) in [6, 6.07) is 19.3. The molecule has 0 saturated carbocycles. The number of benzene rings is 3. The molecule has 0 spiro atoms. The lowest BCUT2D eigenvalue weighted by Gasteiger charge is -2.31. The van der Waals surface area contributed by atoms with E-state index in [9.17, 15) is 9.50 Å². The van der Waals surface area contributed by atoms with Crippen molar-refractivity contribution in [1.29, 1.82) is 0 Å². The highest BCUT2D eigenvalue weighted by Crippen LogP contribution is 2.36. The minimum atomic E-state index is -0.357. The van der Waals surface area contributed by atoms with E-state index in [1.807, 2.05) is 30.3 Å². The summed E-state index contributed by atoms with van der Waals surface area (Å²) in [4.78, 5) is 4.88. The summed E-state index contributed by atoms with van der Waals surface area (Å²) < 4.78 is 19.5. The van der Waals surface area contributed by atoms with E-state index in [1.54, 1.807) is 31.4 Å². The smallest absolute Gasteiger partial charge is 0.126 e. The van der Waals surface area contributed by atoms with Crippen LogP contribution < -0.4 is 10.1 Å². The van der Waals surface area contributed by atoms with Crippen molar-refractivity contribution < 1.29 is 14.2 Å². The van der Waals surface area contributed by atoms with Gasteiger partial charge in [0.15, 0.2) is 0 Å². The first kappa shape index (κ1) is 19.6. The molecule has 2 N–H and O–H groups in total. The minimum absolute atomic E-state index is 0.155. The van der Waals surface area contributed by atoms with E-state index in [4.69, 9.17) is 9.73 Å². The molecule has 0 fully saturated rings. The zero-order valence-corrected chi connectivity index (χ0v) is 17.4. The van der Waals surface area contributed by atoms with Crippen molar-refractivity contribution in [3.05, 3.63) is 93.7 Å². The summed E-state index contributed by atoms with van der Waals surface area (Å²) in [6.07, 6.45) is 0.249. The van der Waals surface area contributed by atoms with Crippen LogP contribution >= 0.6 is 15.9 Å². The quantitative estimate of drug-likeness (QED) is 0.545. The van der Waals surface area contributed by atoms with Crippen molar-refractivity contribution in [3.63, 3.8) is 0 Å². The van der Waals surface area contributed by atoms with Gasteiger partial charge in [0, 0.05) is 28.2 Å². The topological polar surface area (TPSA) is 53.8 Å².